The molecule has 0 unspecified atom stereocenters. The molecule has 1 rings (SSSR count). The molecule has 0 N–H and O–H groups in total. The van der Waals surface area contributed by atoms with Crippen molar-refractivity contribution in [3.8, 4) is 5.88 Å². The van der Waals surface area contributed by atoms with E-state index in [2.05, 4.69) is 14.5 Å². The largest absolute Gasteiger partial charge is 0.574 e. The van der Waals surface area contributed by atoms with E-state index in [1.54, 1.807) is 0 Å². The molecule has 0 amide bonds. The van der Waals surface area contributed by atoms with Crippen LogP contribution < -0.4 is 4.74 Å². The smallest absolute Gasteiger partial charge is 0.464 e. The van der Waals surface area contributed by atoms with Crippen molar-refractivity contribution in [2.24, 2.45) is 0 Å². The number of pyridine rings is 1. The van der Waals surface area contributed by atoms with E-state index in [1.807, 2.05) is 0 Å². The Labute approximate surface area is 121 Å². The minimum absolute atomic E-state index is 0.289. The molecule has 0 aromatic carbocycles. The van der Waals surface area contributed by atoms with Gasteiger partial charge in [0.15, 0.2) is 5.69 Å². The number of rotatable bonds is 2. The van der Waals surface area contributed by atoms with E-state index in [0.29, 0.717) is 0 Å². The second kappa shape index (κ2) is 5.61. The van der Waals surface area contributed by atoms with Gasteiger partial charge in [-0.1, -0.05) is 0 Å². The molecule has 1 aromatic heterocycles. The number of aromatic nitrogens is 1. The molecule has 1 heterocycles. The Kier molecular flexibility index (Phi) is 4.71. The molecule has 0 radical (unpaired) electrons. The fourth-order valence-corrected chi connectivity index (χ4v) is 1.79. The maximum Gasteiger partial charge on any atom is 0.574 e. The second-order valence-corrected chi connectivity index (χ2v) is 4.29. The molecule has 0 saturated carbocycles. The zero-order valence-corrected chi connectivity index (χ0v) is 11.6. The molecule has 0 spiro atoms. The Morgan fingerprint density at radius 3 is 2.20 bits per heavy atom. The van der Waals surface area contributed by atoms with Gasteiger partial charge in [-0.3, -0.25) is 0 Å². The Morgan fingerprint density at radius 1 is 1.25 bits per heavy atom. The third-order valence-corrected chi connectivity index (χ3v) is 2.88. The normalized spacial score (nSPS) is 12.2. The molecule has 4 nitrogen and oxygen atoms in total. The number of ether oxygens (including phenoxy) is 2. The lowest BCUT2D eigenvalue weighted by Gasteiger charge is -2.15. The molecule has 0 saturated heterocycles. The van der Waals surface area contributed by atoms with Crippen molar-refractivity contribution in [1.82, 2.24) is 4.98 Å². The van der Waals surface area contributed by atoms with Crippen LogP contribution in [0.2, 0.25) is 0 Å². The van der Waals surface area contributed by atoms with Crippen molar-refractivity contribution in [3.63, 3.8) is 0 Å². The monoisotopic (exact) mass is 415 g/mol. The van der Waals surface area contributed by atoms with Crippen molar-refractivity contribution in [1.29, 1.82) is 0 Å². The number of methoxy groups -OCH3 is 1. The third kappa shape index (κ3) is 4.11. The fraction of sp³-hybridized carbons (Fsp3) is 0.333. The van der Waals surface area contributed by atoms with Crippen LogP contribution in [0.3, 0.4) is 0 Å². The summed E-state index contributed by atoms with van der Waals surface area (Å²) in [5.41, 5.74) is -2.42. The average Bonchev–Trinajstić information content (AvgIpc) is 2.27. The first-order chi connectivity index (χ1) is 8.95. The molecule has 0 aliphatic rings. The highest BCUT2D eigenvalue weighted by molar-refractivity contribution is 14.1. The standard InChI is InChI=1S/C9H4F6INO3/c1-19-7(18)4-2-3(8(10,11)12)5(16)6(17-4)20-9(13,14)15/h2H,1H3. The number of alkyl halides is 6. The lowest BCUT2D eigenvalue weighted by atomic mass is 10.2. The first kappa shape index (κ1) is 16.8. The van der Waals surface area contributed by atoms with Gasteiger partial charge in [-0.25, -0.2) is 9.78 Å². The third-order valence-electron chi connectivity index (χ3n) is 1.84. The van der Waals surface area contributed by atoms with Crippen LogP contribution in [0.1, 0.15) is 16.1 Å². The van der Waals surface area contributed by atoms with Gasteiger partial charge in [-0.05, 0) is 28.7 Å². The number of halogens is 7. The highest BCUT2D eigenvalue weighted by atomic mass is 127. The number of carbonyl (C=O) groups excluding carboxylic acids is 1. The maximum absolute atomic E-state index is 12.7. The van der Waals surface area contributed by atoms with Gasteiger partial charge in [-0.2, -0.15) is 13.2 Å². The lowest BCUT2D eigenvalue weighted by Crippen LogP contribution is -2.21. The fourth-order valence-electron chi connectivity index (χ4n) is 1.10. The van der Waals surface area contributed by atoms with Crippen LogP contribution in [-0.2, 0) is 10.9 Å². The minimum atomic E-state index is -5.25. The molecule has 0 fully saturated rings. The van der Waals surface area contributed by atoms with E-state index >= 15 is 0 Å². The summed E-state index contributed by atoms with van der Waals surface area (Å²) < 4.78 is 80.9. The first-order valence-electron chi connectivity index (χ1n) is 4.57. The topological polar surface area (TPSA) is 48.4 Å². The Bertz CT molecular complexity index is 528. The van der Waals surface area contributed by atoms with Crippen LogP contribution in [0.25, 0.3) is 0 Å². The molecule has 20 heavy (non-hydrogen) atoms. The van der Waals surface area contributed by atoms with E-state index in [-0.39, 0.29) is 6.07 Å². The number of nitrogens with zero attached hydrogens (tertiary/aromatic N) is 1. The molecule has 11 heteroatoms. The molecule has 0 atom stereocenters. The number of carbonyl (C=O) groups is 1. The average molecular weight is 415 g/mol. The summed E-state index contributed by atoms with van der Waals surface area (Å²) in [5.74, 6) is -2.69. The van der Waals surface area contributed by atoms with Crippen molar-refractivity contribution in [2.75, 3.05) is 7.11 Å². The number of hydrogen-bond acceptors (Lipinski definition) is 4. The predicted molar refractivity (Wildman–Crippen MR) is 60.0 cm³/mol. The second-order valence-electron chi connectivity index (χ2n) is 3.21. The van der Waals surface area contributed by atoms with Gasteiger partial charge in [-0.15, -0.1) is 13.2 Å². The van der Waals surface area contributed by atoms with Crippen LogP contribution >= 0.6 is 22.6 Å². The summed E-state index contributed by atoms with van der Waals surface area (Å²) in [6.45, 7) is 0. The zero-order valence-electron chi connectivity index (χ0n) is 9.40. The van der Waals surface area contributed by atoms with Crippen LogP contribution in [-0.4, -0.2) is 24.4 Å². The van der Waals surface area contributed by atoms with Gasteiger partial charge >= 0.3 is 18.5 Å². The van der Waals surface area contributed by atoms with Crippen LogP contribution in [0, 0.1) is 3.57 Å². The highest BCUT2D eigenvalue weighted by Gasteiger charge is 2.39. The quantitative estimate of drug-likeness (QED) is 0.423. The Morgan fingerprint density at radius 2 is 1.80 bits per heavy atom. The highest BCUT2D eigenvalue weighted by Crippen LogP contribution is 2.38. The van der Waals surface area contributed by atoms with E-state index in [9.17, 15) is 31.1 Å². The van der Waals surface area contributed by atoms with Crippen LogP contribution in [0.4, 0.5) is 26.3 Å². The Balaban J connectivity index is 3.47. The van der Waals surface area contributed by atoms with Gasteiger partial charge in [0, 0.05) is 0 Å². The summed E-state index contributed by atoms with van der Waals surface area (Å²) in [5, 5.41) is 0. The Hall–Kier alpha value is -1.27. The summed E-state index contributed by atoms with van der Waals surface area (Å²) in [6.07, 6.45) is -10.2. The SMILES string of the molecule is COC(=O)c1cc(C(F)(F)F)c(I)c(OC(F)(F)F)n1. The minimum Gasteiger partial charge on any atom is -0.464 e. The first-order valence-corrected chi connectivity index (χ1v) is 5.65. The molecule has 0 bridgehead atoms. The lowest BCUT2D eigenvalue weighted by molar-refractivity contribution is -0.276. The van der Waals surface area contributed by atoms with Gasteiger partial charge in [0.2, 0.25) is 5.88 Å². The van der Waals surface area contributed by atoms with E-state index in [1.165, 1.54) is 0 Å². The van der Waals surface area contributed by atoms with Crippen molar-refractivity contribution >= 4 is 28.6 Å². The van der Waals surface area contributed by atoms with E-state index < -0.39 is 39.2 Å². The molecule has 0 aliphatic carbocycles. The molecule has 0 aliphatic heterocycles. The predicted octanol–water partition coefficient (Wildman–Crippen LogP) is 3.39. The van der Waals surface area contributed by atoms with Crippen LogP contribution in [0.15, 0.2) is 6.07 Å². The molecule has 1 aromatic rings. The summed E-state index contributed by atoms with van der Waals surface area (Å²) >= 11 is 0.999. The summed E-state index contributed by atoms with van der Waals surface area (Å²) in [7, 11) is 0.847. The maximum atomic E-state index is 12.7. The van der Waals surface area contributed by atoms with Crippen molar-refractivity contribution in [2.45, 2.75) is 12.5 Å². The summed E-state index contributed by atoms with van der Waals surface area (Å²) in [6, 6.07) is 0.289. The van der Waals surface area contributed by atoms with Gasteiger partial charge in [0.1, 0.15) is 0 Å². The van der Waals surface area contributed by atoms with Crippen LogP contribution in [0.5, 0.6) is 5.88 Å². The van der Waals surface area contributed by atoms with Gasteiger partial charge in [0.05, 0.1) is 16.2 Å². The number of hydrogen-bond donors (Lipinski definition) is 0. The van der Waals surface area contributed by atoms with E-state index in [0.717, 1.165) is 29.7 Å². The van der Waals surface area contributed by atoms with E-state index in [4.69, 9.17) is 0 Å². The zero-order chi connectivity index (χ0) is 15.7. The van der Waals surface area contributed by atoms with Gasteiger partial charge < -0.3 is 9.47 Å². The molecule has 112 valence electrons. The van der Waals surface area contributed by atoms with Crippen molar-refractivity contribution < 1.29 is 40.6 Å². The summed E-state index contributed by atoms with van der Waals surface area (Å²) in [4.78, 5) is 14.2. The molecular weight excluding hydrogens is 411 g/mol. The molecular formula is C9H4F6INO3. The number of esters is 1. The van der Waals surface area contributed by atoms with Gasteiger partial charge in [0.25, 0.3) is 0 Å². The van der Waals surface area contributed by atoms with Crippen molar-refractivity contribution in [3.05, 3.63) is 20.9 Å².